The van der Waals surface area contributed by atoms with Crippen molar-refractivity contribution in [1.29, 1.82) is 0 Å². The number of carbonyl (C=O) groups is 2. The van der Waals surface area contributed by atoms with Gasteiger partial charge in [-0.1, -0.05) is 28.1 Å². The number of rotatable bonds is 5. The van der Waals surface area contributed by atoms with Gasteiger partial charge in [-0.3, -0.25) is 4.79 Å². The minimum atomic E-state index is -0.474. The quantitative estimate of drug-likeness (QED) is 0.456. The number of ketones is 1. The van der Waals surface area contributed by atoms with E-state index in [4.69, 9.17) is 4.74 Å². The molecule has 17 heavy (non-hydrogen) atoms. The lowest BCUT2D eigenvalue weighted by Gasteiger charge is -2.09. The highest BCUT2D eigenvalue weighted by atomic mass is 79.9. The molecule has 92 valence electrons. The van der Waals surface area contributed by atoms with Crippen molar-refractivity contribution in [2.45, 2.75) is 13.3 Å². The molecular formula is C12H12Br2O3. The van der Waals surface area contributed by atoms with Crippen molar-refractivity contribution in [2.75, 3.05) is 11.9 Å². The van der Waals surface area contributed by atoms with Gasteiger partial charge in [-0.05, 0) is 28.9 Å². The Balaban J connectivity index is 3.17. The van der Waals surface area contributed by atoms with Crippen LogP contribution in [0.1, 0.15) is 34.1 Å². The molecule has 0 radical (unpaired) electrons. The summed E-state index contributed by atoms with van der Waals surface area (Å²) in [6, 6.07) is 5.09. The lowest BCUT2D eigenvalue weighted by Crippen LogP contribution is -2.13. The predicted octanol–water partition coefficient (Wildman–Crippen LogP) is 3.59. The summed E-state index contributed by atoms with van der Waals surface area (Å²) in [6.45, 7) is 2.01. The highest BCUT2D eigenvalue weighted by Crippen LogP contribution is 2.23. The Morgan fingerprint density at radius 2 is 2.06 bits per heavy atom. The SMILES string of the molecule is CCOC(=O)c1c(Br)cccc1C(=O)CCBr. The van der Waals surface area contributed by atoms with Gasteiger partial charge in [0.2, 0.25) is 0 Å². The van der Waals surface area contributed by atoms with Crippen LogP contribution < -0.4 is 0 Å². The van der Waals surface area contributed by atoms with Crippen LogP contribution in [0, 0.1) is 0 Å². The molecule has 0 N–H and O–H groups in total. The van der Waals surface area contributed by atoms with Gasteiger partial charge in [-0.15, -0.1) is 0 Å². The van der Waals surface area contributed by atoms with Crippen LogP contribution in [-0.4, -0.2) is 23.7 Å². The van der Waals surface area contributed by atoms with E-state index in [0.29, 0.717) is 27.4 Å². The van der Waals surface area contributed by atoms with E-state index < -0.39 is 5.97 Å². The fourth-order valence-corrected chi connectivity index (χ4v) is 2.28. The van der Waals surface area contributed by atoms with Crippen LogP contribution in [0.4, 0.5) is 0 Å². The third-order valence-electron chi connectivity index (χ3n) is 2.12. The summed E-state index contributed by atoms with van der Waals surface area (Å²) in [5.74, 6) is -0.552. The second-order valence-electron chi connectivity index (χ2n) is 3.25. The van der Waals surface area contributed by atoms with Crippen LogP contribution in [-0.2, 0) is 4.74 Å². The highest BCUT2D eigenvalue weighted by Gasteiger charge is 2.20. The molecule has 0 heterocycles. The van der Waals surface area contributed by atoms with E-state index in [1.54, 1.807) is 25.1 Å². The van der Waals surface area contributed by atoms with E-state index in [1.807, 2.05) is 0 Å². The number of esters is 1. The van der Waals surface area contributed by atoms with Crippen LogP contribution in [0.5, 0.6) is 0 Å². The Bertz CT molecular complexity index is 430. The molecule has 1 aromatic carbocycles. The summed E-state index contributed by atoms with van der Waals surface area (Å²) in [7, 11) is 0. The molecule has 0 aliphatic carbocycles. The smallest absolute Gasteiger partial charge is 0.340 e. The maximum absolute atomic E-state index is 11.9. The van der Waals surface area contributed by atoms with Crippen molar-refractivity contribution in [2.24, 2.45) is 0 Å². The molecule has 0 amide bonds. The van der Waals surface area contributed by atoms with Gasteiger partial charge in [0.25, 0.3) is 0 Å². The van der Waals surface area contributed by atoms with Crippen molar-refractivity contribution in [3.05, 3.63) is 33.8 Å². The zero-order valence-electron chi connectivity index (χ0n) is 9.33. The Morgan fingerprint density at radius 1 is 1.35 bits per heavy atom. The largest absolute Gasteiger partial charge is 0.462 e. The monoisotopic (exact) mass is 362 g/mol. The maximum Gasteiger partial charge on any atom is 0.340 e. The van der Waals surface area contributed by atoms with E-state index in [1.165, 1.54) is 0 Å². The molecule has 0 bridgehead atoms. The molecule has 0 atom stereocenters. The number of ether oxygens (including phenoxy) is 1. The van der Waals surface area contributed by atoms with E-state index in [2.05, 4.69) is 31.9 Å². The molecular weight excluding hydrogens is 352 g/mol. The Kier molecular flexibility index (Phi) is 5.85. The average Bonchev–Trinajstić information content (AvgIpc) is 2.29. The summed E-state index contributed by atoms with van der Waals surface area (Å²) >= 11 is 6.48. The third kappa shape index (κ3) is 3.64. The van der Waals surface area contributed by atoms with Gasteiger partial charge in [0, 0.05) is 21.8 Å². The lowest BCUT2D eigenvalue weighted by atomic mass is 10.0. The van der Waals surface area contributed by atoms with E-state index >= 15 is 0 Å². The van der Waals surface area contributed by atoms with Crippen LogP contribution >= 0.6 is 31.9 Å². The zero-order valence-corrected chi connectivity index (χ0v) is 12.5. The number of hydrogen-bond acceptors (Lipinski definition) is 3. The zero-order chi connectivity index (χ0) is 12.8. The van der Waals surface area contributed by atoms with Crippen LogP contribution in [0.25, 0.3) is 0 Å². The van der Waals surface area contributed by atoms with Crippen molar-refractivity contribution in [3.8, 4) is 0 Å². The topological polar surface area (TPSA) is 43.4 Å². The minimum Gasteiger partial charge on any atom is -0.462 e. The number of alkyl halides is 1. The van der Waals surface area contributed by atoms with Gasteiger partial charge >= 0.3 is 5.97 Å². The van der Waals surface area contributed by atoms with E-state index in [-0.39, 0.29) is 12.4 Å². The summed E-state index contributed by atoms with van der Waals surface area (Å²) in [5, 5.41) is 0.570. The van der Waals surface area contributed by atoms with Gasteiger partial charge in [-0.25, -0.2) is 4.79 Å². The van der Waals surface area contributed by atoms with Gasteiger partial charge in [0.1, 0.15) is 0 Å². The first-order valence-electron chi connectivity index (χ1n) is 5.16. The van der Waals surface area contributed by atoms with Crippen molar-refractivity contribution >= 4 is 43.6 Å². The van der Waals surface area contributed by atoms with Gasteiger partial charge in [-0.2, -0.15) is 0 Å². The standard InChI is InChI=1S/C12H12Br2O3/c1-2-17-12(16)11-8(10(15)6-7-13)4-3-5-9(11)14/h3-5H,2,6-7H2,1H3. The number of carbonyl (C=O) groups excluding carboxylic acids is 2. The summed E-state index contributed by atoms with van der Waals surface area (Å²) in [5.41, 5.74) is 0.706. The number of halogens is 2. The highest BCUT2D eigenvalue weighted by molar-refractivity contribution is 9.10. The summed E-state index contributed by atoms with van der Waals surface area (Å²) in [4.78, 5) is 23.6. The maximum atomic E-state index is 11.9. The molecule has 0 saturated heterocycles. The van der Waals surface area contributed by atoms with Crippen LogP contribution in [0.2, 0.25) is 0 Å². The Morgan fingerprint density at radius 3 is 2.65 bits per heavy atom. The molecule has 0 aliphatic rings. The molecule has 0 spiro atoms. The summed E-state index contributed by atoms with van der Waals surface area (Å²) in [6.07, 6.45) is 0.350. The predicted molar refractivity (Wildman–Crippen MR) is 72.8 cm³/mol. The Hall–Kier alpha value is -0.680. The van der Waals surface area contributed by atoms with Gasteiger partial charge < -0.3 is 4.74 Å². The number of hydrogen-bond donors (Lipinski definition) is 0. The van der Waals surface area contributed by atoms with E-state index in [9.17, 15) is 9.59 Å². The minimum absolute atomic E-state index is 0.0776. The normalized spacial score (nSPS) is 10.1. The lowest BCUT2D eigenvalue weighted by molar-refractivity contribution is 0.0522. The Labute approximate surface area is 117 Å². The second-order valence-corrected chi connectivity index (χ2v) is 4.89. The molecule has 0 unspecified atom stereocenters. The third-order valence-corrected chi connectivity index (χ3v) is 3.17. The van der Waals surface area contributed by atoms with Crippen LogP contribution in [0.15, 0.2) is 22.7 Å². The molecule has 1 aromatic rings. The van der Waals surface area contributed by atoms with Crippen molar-refractivity contribution in [3.63, 3.8) is 0 Å². The molecule has 1 rings (SSSR count). The van der Waals surface area contributed by atoms with E-state index in [0.717, 1.165) is 0 Å². The number of benzene rings is 1. The van der Waals surface area contributed by atoms with Gasteiger partial charge in [0.05, 0.1) is 12.2 Å². The van der Waals surface area contributed by atoms with Crippen molar-refractivity contribution < 1.29 is 14.3 Å². The molecule has 0 fully saturated rings. The first-order chi connectivity index (χ1) is 8.11. The molecule has 0 saturated carbocycles. The van der Waals surface area contributed by atoms with Crippen molar-refractivity contribution in [1.82, 2.24) is 0 Å². The molecule has 0 aliphatic heterocycles. The molecule has 0 aromatic heterocycles. The molecule has 3 nitrogen and oxygen atoms in total. The summed E-state index contributed by atoms with van der Waals surface area (Å²) < 4.78 is 5.52. The fourth-order valence-electron chi connectivity index (χ4n) is 1.39. The fraction of sp³-hybridized carbons (Fsp3) is 0.333. The van der Waals surface area contributed by atoms with Gasteiger partial charge in [0.15, 0.2) is 5.78 Å². The second kappa shape index (κ2) is 6.91. The van der Waals surface area contributed by atoms with Crippen LogP contribution in [0.3, 0.4) is 0 Å². The number of Topliss-reactive ketones (excluding diaryl/α,β-unsaturated/α-hetero) is 1. The molecule has 5 heteroatoms. The first-order valence-corrected chi connectivity index (χ1v) is 7.08. The first kappa shape index (κ1) is 14.4. The average molecular weight is 364 g/mol.